The van der Waals surface area contributed by atoms with Crippen LogP contribution in [-0.2, 0) is 4.79 Å². The minimum atomic E-state index is -0.262. The molecule has 144 valence electrons. The summed E-state index contributed by atoms with van der Waals surface area (Å²) in [6.07, 6.45) is 12.3. The number of halogens is 1. The molecule has 1 aliphatic heterocycles. The summed E-state index contributed by atoms with van der Waals surface area (Å²) in [6.45, 7) is 1.76. The number of hydrogen-bond acceptors (Lipinski definition) is 5. The van der Waals surface area contributed by atoms with Gasteiger partial charge in [0.05, 0.1) is 16.6 Å². The number of aromatic nitrogens is 2. The number of carbonyl (C=O) groups excluding carboxylic acids is 1. The Kier molecular flexibility index (Phi) is 4.80. The Balaban J connectivity index is 1.71. The number of thioether (sulfide) groups is 1. The van der Waals surface area contributed by atoms with Crippen molar-refractivity contribution in [2.75, 3.05) is 6.26 Å². The molecule has 1 saturated carbocycles. The Labute approximate surface area is 165 Å². The summed E-state index contributed by atoms with van der Waals surface area (Å²) in [6, 6.07) is 0. The molecule has 0 radical (unpaired) electrons. The molecule has 0 bridgehead atoms. The van der Waals surface area contributed by atoms with E-state index in [2.05, 4.69) is 20.8 Å². The summed E-state index contributed by atoms with van der Waals surface area (Å²) in [5.74, 6) is -0.302. The summed E-state index contributed by atoms with van der Waals surface area (Å²) in [5.41, 5.74) is 3.43. The van der Waals surface area contributed by atoms with Crippen LogP contribution in [0.4, 0.5) is 4.39 Å². The second-order valence-electron chi connectivity index (χ2n) is 6.86. The van der Waals surface area contributed by atoms with E-state index in [9.17, 15) is 9.18 Å². The van der Waals surface area contributed by atoms with E-state index in [1.54, 1.807) is 25.4 Å². The first-order valence-electron chi connectivity index (χ1n) is 8.95. The molecule has 2 aliphatic rings. The van der Waals surface area contributed by atoms with Crippen LogP contribution in [0, 0.1) is 24.1 Å². The van der Waals surface area contributed by atoms with Gasteiger partial charge in [-0.2, -0.15) is 5.10 Å². The number of hydrogen-bond donors (Lipinski definition) is 4. The molecule has 1 amide bonds. The van der Waals surface area contributed by atoms with E-state index in [4.69, 9.17) is 5.41 Å². The fourth-order valence-corrected chi connectivity index (χ4v) is 3.99. The molecule has 0 atom stereocenters. The number of H-pyrrole nitrogens is 1. The highest BCUT2D eigenvalue weighted by atomic mass is 32.2. The standard InChI is InChI=1S/C20H20FN5OS/c1-10-16(14-9-24-26-18(14)19(28-2)17(10)21)12-5-6-23-13(7-12)8-15(22)25-20(27)11-3-4-11/h5-9,11,23H,3-4H2,1-2H3,(H,24,26)(H2,22,25,27)/b13-8-. The highest BCUT2D eigenvalue weighted by Crippen LogP contribution is 2.37. The highest BCUT2D eigenvalue weighted by molar-refractivity contribution is 7.98. The van der Waals surface area contributed by atoms with Crippen LogP contribution in [0.25, 0.3) is 16.5 Å². The van der Waals surface area contributed by atoms with E-state index < -0.39 is 0 Å². The number of allylic oxidation sites excluding steroid dienone is 3. The average Bonchev–Trinajstić information content (AvgIpc) is 3.42. The minimum Gasteiger partial charge on any atom is -0.362 e. The monoisotopic (exact) mass is 397 g/mol. The third kappa shape index (κ3) is 3.35. The molecule has 2 aromatic rings. The van der Waals surface area contributed by atoms with E-state index in [1.165, 1.54) is 11.8 Å². The Morgan fingerprint density at radius 1 is 1.46 bits per heavy atom. The fourth-order valence-electron chi connectivity index (χ4n) is 3.30. The molecule has 4 N–H and O–H groups in total. The molecule has 2 heterocycles. The molecular formula is C20H20FN5OS. The van der Waals surface area contributed by atoms with E-state index in [0.29, 0.717) is 21.7 Å². The number of nitrogens with zero attached hydrogens (tertiary/aromatic N) is 1. The zero-order valence-electron chi connectivity index (χ0n) is 15.5. The predicted octanol–water partition coefficient (Wildman–Crippen LogP) is 3.62. The van der Waals surface area contributed by atoms with Gasteiger partial charge in [-0.3, -0.25) is 15.3 Å². The van der Waals surface area contributed by atoms with Crippen LogP contribution in [0.1, 0.15) is 24.0 Å². The van der Waals surface area contributed by atoms with Gasteiger partial charge in [0.25, 0.3) is 0 Å². The van der Waals surface area contributed by atoms with Gasteiger partial charge in [-0.15, -0.1) is 11.8 Å². The maximum absolute atomic E-state index is 14.9. The second-order valence-corrected chi connectivity index (χ2v) is 7.68. The Bertz CT molecular complexity index is 1080. The SMILES string of the molecule is CSc1c(F)c(C)c(C2=C/C(=C/C(=N)NC(=O)C3CC3)NC=C2)c2cn[nH]c12. The second kappa shape index (κ2) is 7.27. The van der Waals surface area contributed by atoms with E-state index >= 15 is 0 Å². The Hall–Kier alpha value is -2.87. The van der Waals surface area contributed by atoms with Crippen LogP contribution in [0.3, 0.4) is 0 Å². The van der Waals surface area contributed by atoms with Gasteiger partial charge in [0.2, 0.25) is 5.91 Å². The lowest BCUT2D eigenvalue weighted by Crippen LogP contribution is -2.30. The third-order valence-corrected chi connectivity index (χ3v) is 5.65. The molecule has 0 unspecified atom stereocenters. The lowest BCUT2D eigenvalue weighted by molar-refractivity contribution is -0.120. The van der Waals surface area contributed by atoms with Crippen molar-refractivity contribution in [1.82, 2.24) is 20.8 Å². The van der Waals surface area contributed by atoms with E-state index in [-0.39, 0.29) is 23.5 Å². The van der Waals surface area contributed by atoms with Crippen LogP contribution in [-0.4, -0.2) is 28.2 Å². The van der Waals surface area contributed by atoms with Gasteiger partial charge < -0.3 is 10.6 Å². The number of carbonyl (C=O) groups is 1. The van der Waals surface area contributed by atoms with Gasteiger partial charge >= 0.3 is 0 Å². The number of rotatable bonds is 4. The average molecular weight is 397 g/mol. The zero-order valence-corrected chi connectivity index (χ0v) is 16.3. The van der Waals surface area contributed by atoms with Crippen molar-refractivity contribution in [3.8, 4) is 0 Å². The van der Waals surface area contributed by atoms with E-state index in [1.807, 2.05) is 18.4 Å². The first kappa shape index (κ1) is 18.5. The smallest absolute Gasteiger partial charge is 0.228 e. The quantitative estimate of drug-likeness (QED) is 0.360. The topological polar surface area (TPSA) is 93.7 Å². The zero-order chi connectivity index (χ0) is 19.8. The number of benzene rings is 1. The molecule has 0 saturated heterocycles. The molecular weight excluding hydrogens is 377 g/mol. The van der Waals surface area contributed by atoms with Gasteiger partial charge in [-0.05, 0) is 54.9 Å². The van der Waals surface area contributed by atoms with Gasteiger partial charge in [0.1, 0.15) is 11.7 Å². The summed E-state index contributed by atoms with van der Waals surface area (Å²) >= 11 is 1.35. The van der Waals surface area contributed by atoms with Gasteiger partial charge in [-0.1, -0.05) is 0 Å². The van der Waals surface area contributed by atoms with Gasteiger partial charge in [0, 0.05) is 29.3 Å². The molecule has 1 aromatic carbocycles. The van der Waals surface area contributed by atoms with Crippen molar-refractivity contribution in [1.29, 1.82) is 5.41 Å². The maximum Gasteiger partial charge on any atom is 0.228 e. The van der Waals surface area contributed by atoms with Crippen LogP contribution < -0.4 is 10.6 Å². The summed E-state index contributed by atoms with van der Waals surface area (Å²) in [4.78, 5) is 12.4. The number of amides is 1. The van der Waals surface area contributed by atoms with Crippen molar-refractivity contribution >= 4 is 40.0 Å². The van der Waals surface area contributed by atoms with Crippen LogP contribution in [0.5, 0.6) is 0 Å². The highest BCUT2D eigenvalue weighted by Gasteiger charge is 2.29. The molecule has 1 fully saturated rings. The predicted molar refractivity (Wildman–Crippen MR) is 109 cm³/mol. The maximum atomic E-state index is 14.9. The molecule has 8 heteroatoms. The first-order valence-corrected chi connectivity index (χ1v) is 10.2. The summed E-state index contributed by atoms with van der Waals surface area (Å²) in [5, 5.41) is 21.5. The number of nitrogens with one attached hydrogen (secondary N) is 4. The molecule has 4 rings (SSSR count). The van der Waals surface area contributed by atoms with Crippen molar-refractivity contribution < 1.29 is 9.18 Å². The molecule has 1 aromatic heterocycles. The van der Waals surface area contributed by atoms with Crippen molar-refractivity contribution in [3.05, 3.63) is 53.3 Å². The minimum absolute atomic E-state index is 0.0272. The van der Waals surface area contributed by atoms with Crippen LogP contribution >= 0.6 is 11.8 Å². The van der Waals surface area contributed by atoms with Crippen molar-refractivity contribution in [2.45, 2.75) is 24.7 Å². The third-order valence-electron chi connectivity index (χ3n) is 4.86. The lowest BCUT2D eigenvalue weighted by Gasteiger charge is -2.17. The lowest BCUT2D eigenvalue weighted by atomic mass is 9.94. The Morgan fingerprint density at radius 2 is 2.25 bits per heavy atom. The Morgan fingerprint density at radius 3 is 2.96 bits per heavy atom. The summed E-state index contributed by atoms with van der Waals surface area (Å²) in [7, 11) is 0. The van der Waals surface area contributed by atoms with E-state index in [0.717, 1.165) is 29.4 Å². The van der Waals surface area contributed by atoms with Gasteiger partial charge in [0.15, 0.2) is 0 Å². The van der Waals surface area contributed by atoms with Crippen LogP contribution in [0.2, 0.25) is 0 Å². The van der Waals surface area contributed by atoms with Crippen LogP contribution in [0.15, 0.2) is 41.2 Å². The number of dihydropyridines is 1. The normalized spacial score (nSPS) is 17.5. The first-order chi connectivity index (χ1) is 13.5. The molecule has 6 nitrogen and oxygen atoms in total. The summed E-state index contributed by atoms with van der Waals surface area (Å²) < 4.78 is 14.9. The van der Waals surface area contributed by atoms with Crippen molar-refractivity contribution in [3.63, 3.8) is 0 Å². The van der Waals surface area contributed by atoms with Gasteiger partial charge in [-0.25, -0.2) is 4.39 Å². The number of aromatic amines is 1. The number of amidine groups is 1. The number of fused-ring (bicyclic) bond motifs is 1. The largest absolute Gasteiger partial charge is 0.362 e. The molecule has 28 heavy (non-hydrogen) atoms. The van der Waals surface area contributed by atoms with Crippen molar-refractivity contribution in [2.24, 2.45) is 5.92 Å². The molecule has 0 spiro atoms. The molecule has 1 aliphatic carbocycles. The fraction of sp³-hybridized carbons (Fsp3) is 0.250.